The van der Waals surface area contributed by atoms with E-state index in [1.807, 2.05) is 11.6 Å². The fourth-order valence-corrected chi connectivity index (χ4v) is 3.93. The lowest BCUT2D eigenvalue weighted by Crippen LogP contribution is -1.97. The molecular weight excluding hydrogens is 369 g/mol. The number of hydrogen-bond acceptors (Lipinski definition) is 3. The van der Waals surface area contributed by atoms with Crippen LogP contribution in [0.25, 0.3) is 15.3 Å². The maximum Gasteiger partial charge on any atom is 0.211 e. The Morgan fingerprint density at radius 3 is 2.53 bits per heavy atom. The third-order valence-corrected chi connectivity index (χ3v) is 6.03. The van der Waals surface area contributed by atoms with Crippen molar-refractivity contribution in [3.8, 4) is 5.13 Å². The number of aromatic nitrogens is 3. The molecule has 0 fully saturated rings. The minimum absolute atomic E-state index is 0.949. The molecule has 0 bridgehead atoms. The molecule has 2 aromatic heterocycles. The molecule has 3 rings (SSSR count). The Morgan fingerprint density at radius 2 is 1.89 bits per heavy atom. The van der Waals surface area contributed by atoms with E-state index in [1.165, 1.54) is 19.4 Å². The second-order valence-corrected chi connectivity index (χ2v) is 6.87. The van der Waals surface area contributed by atoms with Crippen LogP contribution in [0.3, 0.4) is 0 Å². The summed E-state index contributed by atoms with van der Waals surface area (Å²) >= 11 is 4.12. The number of hydrogen-bond donors (Lipinski definition) is 0. The molecule has 3 nitrogen and oxygen atoms in total. The zero-order valence-electron chi connectivity index (χ0n) is 11.3. The van der Waals surface area contributed by atoms with Crippen LogP contribution in [0, 0.1) is 31.3 Å². The van der Waals surface area contributed by atoms with Gasteiger partial charge in [-0.1, -0.05) is 11.3 Å². The topological polar surface area (TPSA) is 30.7 Å². The van der Waals surface area contributed by atoms with Crippen molar-refractivity contribution in [2.45, 2.75) is 27.7 Å². The summed E-state index contributed by atoms with van der Waals surface area (Å²) in [5, 5.41) is 5.46. The van der Waals surface area contributed by atoms with Gasteiger partial charge in [-0.05, 0) is 73.5 Å². The molecule has 0 saturated carbocycles. The van der Waals surface area contributed by atoms with Crippen molar-refractivity contribution in [1.82, 2.24) is 14.8 Å². The molecule has 5 heteroatoms. The van der Waals surface area contributed by atoms with Crippen LogP contribution in [0.2, 0.25) is 0 Å². The van der Waals surface area contributed by atoms with E-state index in [2.05, 4.69) is 60.6 Å². The van der Waals surface area contributed by atoms with Crippen molar-refractivity contribution in [1.29, 1.82) is 0 Å². The van der Waals surface area contributed by atoms with Gasteiger partial charge in [0.05, 0.1) is 15.9 Å². The molecule has 0 spiro atoms. The average Bonchev–Trinajstić information content (AvgIpc) is 2.90. The number of aryl methyl sites for hydroxylation is 4. The molecular formula is C14H14IN3S. The first-order chi connectivity index (χ1) is 8.97. The second-order valence-electron chi connectivity index (χ2n) is 4.82. The van der Waals surface area contributed by atoms with Gasteiger partial charge >= 0.3 is 0 Å². The van der Waals surface area contributed by atoms with E-state index in [9.17, 15) is 0 Å². The van der Waals surface area contributed by atoms with Gasteiger partial charge < -0.3 is 0 Å². The minimum Gasteiger partial charge on any atom is -0.218 e. The zero-order chi connectivity index (χ0) is 13.7. The first kappa shape index (κ1) is 13.1. The summed E-state index contributed by atoms with van der Waals surface area (Å²) in [7, 11) is 0. The van der Waals surface area contributed by atoms with Crippen LogP contribution < -0.4 is 0 Å². The predicted octanol–water partition coefficient (Wildman–Crippen LogP) is 4.32. The van der Waals surface area contributed by atoms with Gasteiger partial charge in [0.25, 0.3) is 0 Å². The number of halogens is 1. The van der Waals surface area contributed by atoms with E-state index < -0.39 is 0 Å². The fraction of sp³-hybridized carbons (Fsp3) is 0.286. The van der Waals surface area contributed by atoms with Crippen molar-refractivity contribution in [3.05, 3.63) is 38.2 Å². The van der Waals surface area contributed by atoms with Crippen LogP contribution in [-0.4, -0.2) is 14.8 Å². The average molecular weight is 383 g/mol. The van der Waals surface area contributed by atoms with Crippen LogP contribution in [0.5, 0.6) is 0 Å². The maximum absolute atomic E-state index is 4.74. The summed E-state index contributed by atoms with van der Waals surface area (Å²) in [5.74, 6) is 0. The molecule has 0 N–H and O–H groups in total. The normalized spacial score (nSPS) is 11.4. The maximum atomic E-state index is 4.74. The molecule has 0 radical (unpaired) electrons. The Balaban J connectivity index is 2.28. The standard InChI is InChI=1S/C14H14IN3S/c1-7-5-11-13(10(4)12(7)15)19-14(16-11)18-9(3)6-8(2)17-18/h5-6H,1-4H3. The van der Waals surface area contributed by atoms with E-state index >= 15 is 0 Å². The highest BCUT2D eigenvalue weighted by Gasteiger charge is 2.13. The minimum atomic E-state index is 0.949. The first-order valence-corrected chi connectivity index (χ1v) is 7.97. The molecule has 3 aromatic rings. The highest BCUT2D eigenvalue weighted by atomic mass is 127. The Morgan fingerprint density at radius 1 is 1.16 bits per heavy atom. The Kier molecular flexibility index (Phi) is 3.13. The summed E-state index contributed by atoms with van der Waals surface area (Å²) < 4.78 is 4.52. The van der Waals surface area contributed by atoms with Gasteiger partial charge in [0.1, 0.15) is 0 Å². The molecule has 0 aliphatic carbocycles. The van der Waals surface area contributed by atoms with Crippen LogP contribution in [0.1, 0.15) is 22.5 Å². The van der Waals surface area contributed by atoms with E-state index in [4.69, 9.17) is 4.98 Å². The Hall–Kier alpha value is -0.950. The van der Waals surface area contributed by atoms with E-state index in [1.54, 1.807) is 11.3 Å². The molecule has 0 amide bonds. The van der Waals surface area contributed by atoms with E-state index in [0.29, 0.717) is 0 Å². The lowest BCUT2D eigenvalue weighted by molar-refractivity contribution is 0.828. The lowest BCUT2D eigenvalue weighted by atomic mass is 10.1. The van der Waals surface area contributed by atoms with Crippen molar-refractivity contribution in [3.63, 3.8) is 0 Å². The predicted molar refractivity (Wildman–Crippen MR) is 88.4 cm³/mol. The number of benzene rings is 1. The number of nitrogens with zero attached hydrogens (tertiary/aromatic N) is 3. The SMILES string of the molecule is Cc1cc(C)n(-c2nc3cc(C)c(I)c(C)c3s2)n1. The van der Waals surface area contributed by atoms with Crippen LogP contribution in [0.15, 0.2) is 12.1 Å². The van der Waals surface area contributed by atoms with Crippen molar-refractivity contribution >= 4 is 44.1 Å². The molecule has 0 unspecified atom stereocenters. The van der Waals surface area contributed by atoms with Crippen molar-refractivity contribution in [2.75, 3.05) is 0 Å². The van der Waals surface area contributed by atoms with Gasteiger partial charge in [0.15, 0.2) is 0 Å². The summed E-state index contributed by atoms with van der Waals surface area (Å²) in [5.41, 5.74) is 5.83. The molecule has 2 heterocycles. The quantitative estimate of drug-likeness (QED) is 0.586. The lowest BCUT2D eigenvalue weighted by Gasteiger charge is -2.02. The fourth-order valence-electron chi connectivity index (χ4n) is 2.26. The molecule has 0 saturated heterocycles. The largest absolute Gasteiger partial charge is 0.218 e. The third-order valence-electron chi connectivity index (χ3n) is 3.20. The van der Waals surface area contributed by atoms with E-state index in [0.717, 1.165) is 22.0 Å². The summed E-state index contributed by atoms with van der Waals surface area (Å²) in [4.78, 5) is 4.74. The van der Waals surface area contributed by atoms with Gasteiger partial charge in [0, 0.05) is 9.26 Å². The molecule has 98 valence electrons. The number of rotatable bonds is 1. The highest BCUT2D eigenvalue weighted by molar-refractivity contribution is 14.1. The second kappa shape index (κ2) is 4.56. The third kappa shape index (κ3) is 2.08. The highest BCUT2D eigenvalue weighted by Crippen LogP contribution is 2.32. The number of fused-ring (bicyclic) bond motifs is 1. The molecule has 1 aromatic carbocycles. The van der Waals surface area contributed by atoms with Crippen LogP contribution >= 0.6 is 33.9 Å². The van der Waals surface area contributed by atoms with Gasteiger partial charge in [-0.25, -0.2) is 9.67 Å². The molecule has 0 atom stereocenters. The van der Waals surface area contributed by atoms with E-state index in [-0.39, 0.29) is 0 Å². The first-order valence-electron chi connectivity index (χ1n) is 6.07. The summed E-state index contributed by atoms with van der Waals surface area (Å²) in [6, 6.07) is 4.24. The van der Waals surface area contributed by atoms with Crippen LogP contribution in [0.4, 0.5) is 0 Å². The van der Waals surface area contributed by atoms with Gasteiger partial charge in [-0.3, -0.25) is 0 Å². The zero-order valence-corrected chi connectivity index (χ0v) is 14.3. The Labute approximate surface area is 129 Å². The summed E-state index contributed by atoms with van der Waals surface area (Å²) in [6.45, 7) is 8.37. The van der Waals surface area contributed by atoms with Gasteiger partial charge in [-0.15, -0.1) is 0 Å². The van der Waals surface area contributed by atoms with Crippen molar-refractivity contribution in [2.24, 2.45) is 0 Å². The summed E-state index contributed by atoms with van der Waals surface area (Å²) in [6.07, 6.45) is 0. The molecule has 0 aliphatic rings. The Bertz CT molecular complexity index is 786. The van der Waals surface area contributed by atoms with Crippen LogP contribution in [-0.2, 0) is 0 Å². The molecule has 0 aliphatic heterocycles. The smallest absolute Gasteiger partial charge is 0.211 e. The van der Waals surface area contributed by atoms with Gasteiger partial charge in [-0.2, -0.15) is 5.10 Å². The molecule has 19 heavy (non-hydrogen) atoms. The number of thiazole rings is 1. The van der Waals surface area contributed by atoms with Crippen molar-refractivity contribution < 1.29 is 0 Å². The monoisotopic (exact) mass is 383 g/mol. The van der Waals surface area contributed by atoms with Gasteiger partial charge in [0.2, 0.25) is 5.13 Å².